The summed E-state index contributed by atoms with van der Waals surface area (Å²) < 4.78 is 9.33. The highest BCUT2D eigenvalue weighted by atomic mass is 32.1. The van der Waals surface area contributed by atoms with E-state index in [1.807, 2.05) is 12.1 Å². The van der Waals surface area contributed by atoms with Crippen LogP contribution in [0, 0.1) is 0 Å². The Bertz CT molecular complexity index is 483. The molecule has 5 nitrogen and oxygen atoms in total. The van der Waals surface area contributed by atoms with Crippen molar-refractivity contribution >= 4 is 16.7 Å². The minimum Gasteiger partial charge on any atom is -0.481 e. The number of methoxy groups -OCH3 is 1. The number of anilines is 1. The number of ether oxygens (including phenoxy) is 1. The molecule has 0 spiro atoms. The Balaban J connectivity index is 1.97. The Labute approximate surface area is 110 Å². The standard InChI is InChI=1S/C12H16N4OS/c1-3-6-13-12-15-10(16-18-12)7-9-4-5-11(17-2)14-8-9/h4-5,8H,3,6-7H2,1-2H3,(H,13,15,16). The minimum absolute atomic E-state index is 0.621. The molecule has 96 valence electrons. The largest absolute Gasteiger partial charge is 0.481 e. The lowest BCUT2D eigenvalue weighted by Crippen LogP contribution is -1.99. The molecule has 0 unspecified atom stereocenters. The molecule has 1 N–H and O–H groups in total. The van der Waals surface area contributed by atoms with Crippen molar-refractivity contribution in [3.63, 3.8) is 0 Å². The molecule has 0 radical (unpaired) electrons. The lowest BCUT2D eigenvalue weighted by Gasteiger charge is -2.00. The van der Waals surface area contributed by atoms with Gasteiger partial charge in [0.15, 0.2) is 0 Å². The molecule has 6 heteroatoms. The van der Waals surface area contributed by atoms with Crippen molar-refractivity contribution in [3.8, 4) is 5.88 Å². The molecular weight excluding hydrogens is 248 g/mol. The first-order chi connectivity index (χ1) is 8.81. The Hall–Kier alpha value is -1.69. The molecule has 0 atom stereocenters. The molecule has 0 aliphatic rings. The average molecular weight is 264 g/mol. The lowest BCUT2D eigenvalue weighted by atomic mass is 10.2. The van der Waals surface area contributed by atoms with Gasteiger partial charge in [0.05, 0.1) is 7.11 Å². The van der Waals surface area contributed by atoms with Gasteiger partial charge >= 0.3 is 0 Å². The van der Waals surface area contributed by atoms with E-state index in [0.29, 0.717) is 12.3 Å². The molecule has 0 saturated heterocycles. The molecule has 0 fully saturated rings. The van der Waals surface area contributed by atoms with Crippen molar-refractivity contribution in [2.75, 3.05) is 19.0 Å². The van der Waals surface area contributed by atoms with Gasteiger partial charge in [-0.2, -0.15) is 4.37 Å². The summed E-state index contributed by atoms with van der Waals surface area (Å²) in [5, 5.41) is 4.11. The van der Waals surface area contributed by atoms with E-state index in [1.54, 1.807) is 13.3 Å². The van der Waals surface area contributed by atoms with E-state index >= 15 is 0 Å². The van der Waals surface area contributed by atoms with Crippen LogP contribution in [0.15, 0.2) is 18.3 Å². The van der Waals surface area contributed by atoms with E-state index in [0.717, 1.165) is 29.5 Å². The number of rotatable bonds is 6. The zero-order valence-electron chi connectivity index (χ0n) is 10.5. The second kappa shape index (κ2) is 6.30. The molecule has 2 heterocycles. The average Bonchev–Trinajstić information content (AvgIpc) is 2.85. The first kappa shape index (κ1) is 12.8. The summed E-state index contributed by atoms with van der Waals surface area (Å²) in [6.07, 6.45) is 3.57. The monoisotopic (exact) mass is 264 g/mol. The Morgan fingerprint density at radius 2 is 2.28 bits per heavy atom. The first-order valence-corrected chi connectivity index (χ1v) is 6.64. The quantitative estimate of drug-likeness (QED) is 0.868. The van der Waals surface area contributed by atoms with Crippen molar-refractivity contribution in [2.24, 2.45) is 0 Å². The minimum atomic E-state index is 0.621. The Morgan fingerprint density at radius 1 is 1.39 bits per heavy atom. The van der Waals surface area contributed by atoms with Gasteiger partial charge < -0.3 is 10.1 Å². The molecule has 2 aromatic rings. The number of aromatic nitrogens is 3. The normalized spacial score (nSPS) is 10.3. The highest BCUT2D eigenvalue weighted by molar-refractivity contribution is 7.09. The number of hydrogen-bond donors (Lipinski definition) is 1. The molecule has 0 aliphatic carbocycles. The Morgan fingerprint density at radius 3 is 2.94 bits per heavy atom. The van der Waals surface area contributed by atoms with Crippen LogP contribution in [0.5, 0.6) is 5.88 Å². The lowest BCUT2D eigenvalue weighted by molar-refractivity contribution is 0.397. The van der Waals surface area contributed by atoms with Crippen LogP contribution in [-0.2, 0) is 6.42 Å². The van der Waals surface area contributed by atoms with Crippen molar-refractivity contribution < 1.29 is 4.74 Å². The fourth-order valence-corrected chi connectivity index (χ4v) is 2.06. The van der Waals surface area contributed by atoms with Crippen LogP contribution in [0.3, 0.4) is 0 Å². The van der Waals surface area contributed by atoms with E-state index in [9.17, 15) is 0 Å². The SMILES string of the molecule is CCCNc1nc(Cc2ccc(OC)nc2)ns1. The van der Waals surface area contributed by atoms with Gasteiger partial charge in [0.2, 0.25) is 11.0 Å². The fraction of sp³-hybridized carbons (Fsp3) is 0.417. The van der Waals surface area contributed by atoms with E-state index < -0.39 is 0 Å². The third-order valence-electron chi connectivity index (χ3n) is 2.36. The van der Waals surface area contributed by atoms with Crippen molar-refractivity contribution in [1.29, 1.82) is 0 Å². The van der Waals surface area contributed by atoms with E-state index in [1.165, 1.54) is 11.5 Å². The zero-order valence-corrected chi connectivity index (χ0v) is 11.3. The molecule has 18 heavy (non-hydrogen) atoms. The molecule has 0 saturated carbocycles. The van der Waals surface area contributed by atoms with Gasteiger partial charge in [-0.15, -0.1) is 0 Å². The highest BCUT2D eigenvalue weighted by Crippen LogP contribution is 2.15. The van der Waals surface area contributed by atoms with Crippen molar-refractivity contribution in [3.05, 3.63) is 29.7 Å². The second-order valence-electron chi connectivity index (χ2n) is 3.83. The van der Waals surface area contributed by atoms with Gasteiger partial charge in [-0.25, -0.2) is 9.97 Å². The summed E-state index contributed by atoms with van der Waals surface area (Å²) >= 11 is 1.40. The van der Waals surface area contributed by atoms with Gasteiger partial charge in [0, 0.05) is 36.8 Å². The van der Waals surface area contributed by atoms with Gasteiger partial charge in [0.25, 0.3) is 0 Å². The van der Waals surface area contributed by atoms with Crippen molar-refractivity contribution in [1.82, 2.24) is 14.3 Å². The van der Waals surface area contributed by atoms with Crippen LogP contribution in [0.25, 0.3) is 0 Å². The van der Waals surface area contributed by atoms with Crippen LogP contribution in [-0.4, -0.2) is 28.0 Å². The molecule has 0 bridgehead atoms. The smallest absolute Gasteiger partial charge is 0.212 e. The van der Waals surface area contributed by atoms with Crippen LogP contribution >= 0.6 is 11.5 Å². The molecule has 0 amide bonds. The van der Waals surface area contributed by atoms with Gasteiger partial charge in [-0.05, 0) is 12.0 Å². The molecular formula is C12H16N4OS. The van der Waals surface area contributed by atoms with Crippen LogP contribution in [0.4, 0.5) is 5.13 Å². The topological polar surface area (TPSA) is 59.9 Å². The van der Waals surface area contributed by atoms with Crippen molar-refractivity contribution in [2.45, 2.75) is 19.8 Å². The number of nitrogens with zero attached hydrogens (tertiary/aromatic N) is 3. The maximum absolute atomic E-state index is 5.02. The van der Waals surface area contributed by atoms with E-state index in [2.05, 4.69) is 26.6 Å². The number of nitrogens with one attached hydrogen (secondary N) is 1. The third-order valence-corrected chi connectivity index (χ3v) is 3.07. The summed E-state index contributed by atoms with van der Waals surface area (Å²) in [5.41, 5.74) is 1.08. The predicted octanol–water partition coefficient (Wildman–Crippen LogP) is 2.35. The third kappa shape index (κ3) is 3.40. The zero-order chi connectivity index (χ0) is 12.8. The highest BCUT2D eigenvalue weighted by Gasteiger charge is 2.05. The van der Waals surface area contributed by atoms with Gasteiger partial charge in [0.1, 0.15) is 5.82 Å². The number of hydrogen-bond acceptors (Lipinski definition) is 6. The summed E-state index contributed by atoms with van der Waals surface area (Å²) in [6.45, 7) is 3.05. The van der Waals surface area contributed by atoms with Crippen LogP contribution in [0.2, 0.25) is 0 Å². The Kier molecular flexibility index (Phi) is 4.46. The molecule has 0 aromatic carbocycles. The maximum atomic E-state index is 5.02. The van der Waals surface area contributed by atoms with Crippen LogP contribution in [0.1, 0.15) is 24.7 Å². The second-order valence-corrected chi connectivity index (χ2v) is 4.58. The predicted molar refractivity (Wildman–Crippen MR) is 72.3 cm³/mol. The molecule has 2 rings (SSSR count). The fourth-order valence-electron chi connectivity index (χ4n) is 1.45. The molecule has 0 aliphatic heterocycles. The maximum Gasteiger partial charge on any atom is 0.212 e. The molecule has 2 aromatic heterocycles. The first-order valence-electron chi connectivity index (χ1n) is 5.87. The van der Waals surface area contributed by atoms with Gasteiger partial charge in [-0.3, -0.25) is 0 Å². The van der Waals surface area contributed by atoms with E-state index in [4.69, 9.17) is 4.74 Å². The number of pyridine rings is 1. The van der Waals surface area contributed by atoms with Crippen LogP contribution < -0.4 is 10.1 Å². The van der Waals surface area contributed by atoms with E-state index in [-0.39, 0.29) is 0 Å². The summed E-state index contributed by atoms with van der Waals surface area (Å²) in [7, 11) is 1.61. The summed E-state index contributed by atoms with van der Waals surface area (Å²) in [5.74, 6) is 1.45. The summed E-state index contributed by atoms with van der Waals surface area (Å²) in [6, 6.07) is 3.82. The summed E-state index contributed by atoms with van der Waals surface area (Å²) in [4.78, 5) is 8.58. The van der Waals surface area contributed by atoms with Gasteiger partial charge in [-0.1, -0.05) is 13.0 Å².